The first kappa shape index (κ1) is 13.5. The summed E-state index contributed by atoms with van der Waals surface area (Å²) < 4.78 is 9.07. The van der Waals surface area contributed by atoms with Crippen LogP contribution in [-0.4, -0.2) is 12.1 Å². The van der Waals surface area contributed by atoms with E-state index in [0.29, 0.717) is 16.7 Å². The van der Waals surface area contributed by atoms with E-state index in [9.17, 15) is 0 Å². The van der Waals surface area contributed by atoms with Crippen LogP contribution in [0.3, 0.4) is 0 Å². The molecule has 0 atom stereocenters. The van der Waals surface area contributed by atoms with Crippen molar-refractivity contribution in [3.63, 3.8) is 0 Å². The molecule has 0 spiro atoms. The molecule has 2 rings (SSSR count). The highest BCUT2D eigenvalue weighted by atomic mass is 79.9. The Hall–Kier alpha value is -0.910. The number of nitrogens with zero attached hydrogens (tertiary/aromatic N) is 1. The minimum atomic E-state index is 0.541. The summed E-state index contributed by atoms with van der Waals surface area (Å²) in [6, 6.07) is 11.4. The number of hydrogen-bond donors (Lipinski definition) is 1. The molecular formula is C12H10BrClN2OS. The molecule has 1 aromatic heterocycles. The van der Waals surface area contributed by atoms with Crippen LogP contribution in [0.2, 0.25) is 5.02 Å². The lowest BCUT2D eigenvalue weighted by Gasteiger charge is -2.08. The van der Waals surface area contributed by atoms with Gasteiger partial charge in [-0.15, -0.1) is 0 Å². The minimum Gasteiger partial charge on any atom is -0.480 e. The lowest BCUT2D eigenvalue weighted by molar-refractivity contribution is 0.396. The van der Waals surface area contributed by atoms with E-state index in [1.165, 1.54) is 11.9 Å². The van der Waals surface area contributed by atoms with E-state index in [2.05, 4.69) is 25.6 Å². The standard InChI is InChI=1S/C12H10BrClN2OS/c1-17-12-8(13)6-7-11(15-12)16-18-10-5-3-2-4-9(10)14/h2-7H,1H3,(H,15,16). The Kier molecular flexibility index (Phi) is 4.74. The fourth-order valence-corrected chi connectivity index (χ4v) is 2.53. The summed E-state index contributed by atoms with van der Waals surface area (Å²) in [5.41, 5.74) is 0. The molecule has 1 heterocycles. The molecule has 0 fully saturated rings. The van der Waals surface area contributed by atoms with Gasteiger partial charge in [-0.3, -0.25) is 0 Å². The zero-order valence-electron chi connectivity index (χ0n) is 9.48. The van der Waals surface area contributed by atoms with Gasteiger partial charge in [0.15, 0.2) is 0 Å². The highest BCUT2D eigenvalue weighted by Crippen LogP contribution is 2.29. The van der Waals surface area contributed by atoms with Crippen LogP contribution in [0.1, 0.15) is 0 Å². The van der Waals surface area contributed by atoms with Crippen LogP contribution >= 0.6 is 39.5 Å². The van der Waals surface area contributed by atoms with Gasteiger partial charge < -0.3 is 9.46 Å². The first-order valence-electron chi connectivity index (χ1n) is 5.08. The number of nitrogens with one attached hydrogen (secondary N) is 1. The highest BCUT2D eigenvalue weighted by Gasteiger charge is 2.05. The number of benzene rings is 1. The Morgan fingerprint density at radius 2 is 2.06 bits per heavy atom. The van der Waals surface area contributed by atoms with Crippen LogP contribution in [0.15, 0.2) is 45.8 Å². The zero-order valence-corrected chi connectivity index (χ0v) is 12.6. The summed E-state index contributed by atoms with van der Waals surface area (Å²) in [6.45, 7) is 0. The van der Waals surface area contributed by atoms with Crippen molar-refractivity contribution in [3.8, 4) is 5.88 Å². The second-order valence-corrected chi connectivity index (χ2v) is 5.43. The zero-order chi connectivity index (χ0) is 13.0. The van der Waals surface area contributed by atoms with Crippen LogP contribution in [0.5, 0.6) is 5.88 Å². The number of ether oxygens (including phenoxy) is 1. The quantitative estimate of drug-likeness (QED) is 0.820. The number of methoxy groups -OCH3 is 1. The Bertz CT molecular complexity index is 553. The summed E-state index contributed by atoms with van der Waals surface area (Å²) in [5.74, 6) is 1.25. The Labute approximate surface area is 123 Å². The second kappa shape index (κ2) is 6.31. The van der Waals surface area contributed by atoms with Crippen LogP contribution < -0.4 is 9.46 Å². The molecule has 0 unspecified atom stereocenters. The van der Waals surface area contributed by atoms with Gasteiger partial charge in [0.05, 0.1) is 16.6 Å². The summed E-state index contributed by atoms with van der Waals surface area (Å²) >= 11 is 10.8. The molecule has 18 heavy (non-hydrogen) atoms. The van der Waals surface area contributed by atoms with Crippen molar-refractivity contribution in [3.05, 3.63) is 45.9 Å². The SMILES string of the molecule is COc1nc(NSc2ccccc2Cl)ccc1Br. The van der Waals surface area contributed by atoms with Gasteiger partial charge in [0, 0.05) is 4.90 Å². The van der Waals surface area contributed by atoms with Crippen LogP contribution in [0, 0.1) is 0 Å². The maximum absolute atomic E-state index is 6.06. The van der Waals surface area contributed by atoms with Crippen LogP contribution in [0.4, 0.5) is 5.82 Å². The number of halogens is 2. The van der Waals surface area contributed by atoms with E-state index >= 15 is 0 Å². The molecule has 1 N–H and O–H groups in total. The molecule has 0 aliphatic heterocycles. The number of rotatable bonds is 4. The average molecular weight is 346 g/mol. The third kappa shape index (κ3) is 3.31. The van der Waals surface area contributed by atoms with Crippen molar-refractivity contribution in [2.45, 2.75) is 4.90 Å². The molecule has 2 aromatic rings. The molecule has 0 aliphatic carbocycles. The lowest BCUT2D eigenvalue weighted by Crippen LogP contribution is -1.94. The smallest absolute Gasteiger partial charge is 0.229 e. The summed E-state index contributed by atoms with van der Waals surface area (Å²) in [4.78, 5) is 5.24. The van der Waals surface area contributed by atoms with Crippen molar-refractivity contribution in [1.82, 2.24) is 4.98 Å². The molecule has 0 aliphatic rings. The van der Waals surface area contributed by atoms with Gasteiger partial charge in [-0.05, 0) is 52.1 Å². The van der Waals surface area contributed by atoms with Crippen molar-refractivity contribution < 1.29 is 4.74 Å². The van der Waals surface area contributed by atoms with Crippen molar-refractivity contribution >= 4 is 45.3 Å². The van der Waals surface area contributed by atoms with Crippen LogP contribution in [0.25, 0.3) is 0 Å². The molecule has 0 bridgehead atoms. The first-order chi connectivity index (χ1) is 8.70. The number of anilines is 1. The molecule has 6 heteroatoms. The monoisotopic (exact) mass is 344 g/mol. The normalized spacial score (nSPS) is 10.2. The van der Waals surface area contributed by atoms with Gasteiger partial charge in [0.25, 0.3) is 0 Å². The largest absolute Gasteiger partial charge is 0.480 e. The predicted octanol–water partition coefficient (Wildman–Crippen LogP) is 4.63. The summed E-state index contributed by atoms with van der Waals surface area (Å²) in [5, 5.41) is 0.707. The Morgan fingerprint density at radius 1 is 1.28 bits per heavy atom. The summed E-state index contributed by atoms with van der Waals surface area (Å²) in [6.07, 6.45) is 0. The maximum Gasteiger partial charge on any atom is 0.229 e. The first-order valence-corrected chi connectivity index (χ1v) is 7.07. The van der Waals surface area contributed by atoms with Crippen LogP contribution in [-0.2, 0) is 0 Å². The van der Waals surface area contributed by atoms with E-state index in [1.54, 1.807) is 7.11 Å². The third-order valence-corrected chi connectivity index (χ3v) is 4.04. The topological polar surface area (TPSA) is 34.1 Å². The number of pyridine rings is 1. The van der Waals surface area contributed by atoms with Crippen molar-refractivity contribution in [1.29, 1.82) is 0 Å². The van der Waals surface area contributed by atoms with Crippen molar-refractivity contribution in [2.75, 3.05) is 11.8 Å². The minimum absolute atomic E-state index is 0.541. The summed E-state index contributed by atoms with van der Waals surface area (Å²) in [7, 11) is 1.58. The van der Waals surface area contributed by atoms with E-state index in [4.69, 9.17) is 16.3 Å². The van der Waals surface area contributed by atoms with Gasteiger partial charge >= 0.3 is 0 Å². The molecule has 0 saturated heterocycles. The predicted molar refractivity (Wildman–Crippen MR) is 79.4 cm³/mol. The molecule has 0 saturated carbocycles. The fourth-order valence-electron chi connectivity index (χ4n) is 1.26. The third-order valence-electron chi connectivity index (χ3n) is 2.11. The maximum atomic E-state index is 6.06. The molecule has 0 radical (unpaired) electrons. The van der Waals surface area contributed by atoms with Gasteiger partial charge in [-0.25, -0.2) is 0 Å². The highest BCUT2D eigenvalue weighted by molar-refractivity contribution is 9.10. The van der Waals surface area contributed by atoms with Gasteiger partial charge in [-0.2, -0.15) is 4.98 Å². The molecular weight excluding hydrogens is 336 g/mol. The van der Waals surface area contributed by atoms with E-state index in [0.717, 1.165) is 9.37 Å². The van der Waals surface area contributed by atoms with E-state index in [-0.39, 0.29) is 0 Å². The van der Waals surface area contributed by atoms with Gasteiger partial charge in [0.2, 0.25) is 5.88 Å². The average Bonchev–Trinajstić information content (AvgIpc) is 2.39. The van der Waals surface area contributed by atoms with Gasteiger partial charge in [0.1, 0.15) is 5.82 Å². The van der Waals surface area contributed by atoms with E-state index in [1.807, 2.05) is 36.4 Å². The Morgan fingerprint density at radius 3 is 2.78 bits per heavy atom. The molecule has 1 aromatic carbocycles. The molecule has 0 amide bonds. The number of aromatic nitrogens is 1. The molecule has 3 nitrogen and oxygen atoms in total. The Balaban J connectivity index is 2.09. The van der Waals surface area contributed by atoms with Gasteiger partial charge in [-0.1, -0.05) is 23.7 Å². The molecule has 94 valence electrons. The number of hydrogen-bond acceptors (Lipinski definition) is 4. The van der Waals surface area contributed by atoms with Crippen molar-refractivity contribution in [2.24, 2.45) is 0 Å². The lowest BCUT2D eigenvalue weighted by atomic mass is 10.4. The fraction of sp³-hybridized carbons (Fsp3) is 0.0833. The second-order valence-electron chi connectivity index (χ2n) is 3.32. The van der Waals surface area contributed by atoms with E-state index < -0.39 is 0 Å².